The number of oxime groups is 1. The number of nitrogens with zero attached hydrogens (tertiary/aromatic N) is 2. The largest absolute Gasteiger partial charge is 0.478 e. The second-order valence-corrected chi connectivity index (χ2v) is 8.23. The van der Waals surface area contributed by atoms with Gasteiger partial charge in [0, 0.05) is 23.9 Å². The molecule has 0 aliphatic heterocycles. The average Bonchev–Trinajstić information content (AvgIpc) is 2.88. The van der Waals surface area contributed by atoms with Gasteiger partial charge in [-0.15, -0.1) is 0 Å². The van der Waals surface area contributed by atoms with Gasteiger partial charge >= 0.3 is 5.97 Å². The Balaban J connectivity index is 1.61. The molecule has 4 rings (SSSR count). The zero-order chi connectivity index (χ0) is 23.9. The second-order valence-electron chi connectivity index (χ2n) is 8.23. The van der Waals surface area contributed by atoms with Gasteiger partial charge in [0.2, 0.25) is 0 Å². The first-order valence-electron chi connectivity index (χ1n) is 11.2. The fourth-order valence-electron chi connectivity index (χ4n) is 4.27. The van der Waals surface area contributed by atoms with Crippen molar-refractivity contribution in [2.75, 3.05) is 0 Å². The maximum atomic E-state index is 11.1. The van der Waals surface area contributed by atoms with Crippen molar-refractivity contribution in [3.8, 4) is 11.1 Å². The van der Waals surface area contributed by atoms with Crippen molar-refractivity contribution >= 4 is 11.7 Å². The first kappa shape index (κ1) is 22.9. The number of hydrogen-bond acceptors (Lipinski definition) is 4. The van der Waals surface area contributed by atoms with E-state index in [0.717, 1.165) is 23.1 Å². The molecule has 34 heavy (non-hydrogen) atoms. The van der Waals surface area contributed by atoms with Gasteiger partial charge in [0.1, 0.15) is 0 Å². The molecule has 0 saturated heterocycles. The summed E-state index contributed by atoms with van der Waals surface area (Å²) in [6, 6.07) is 27.4. The van der Waals surface area contributed by atoms with E-state index in [-0.39, 0.29) is 11.5 Å². The summed E-state index contributed by atoms with van der Waals surface area (Å²) in [5.41, 5.74) is 7.40. The highest BCUT2D eigenvalue weighted by molar-refractivity contribution is 6.00. The number of rotatable bonds is 8. The van der Waals surface area contributed by atoms with Gasteiger partial charge in [-0.05, 0) is 71.8 Å². The maximum absolute atomic E-state index is 11.1. The summed E-state index contributed by atoms with van der Waals surface area (Å²) in [4.78, 5) is 15.2. The van der Waals surface area contributed by atoms with E-state index in [1.165, 1.54) is 16.7 Å². The fourth-order valence-corrected chi connectivity index (χ4v) is 4.27. The zero-order valence-electron chi connectivity index (χ0n) is 18.9. The Labute approximate surface area is 199 Å². The van der Waals surface area contributed by atoms with Crippen LogP contribution in [0.4, 0.5) is 0 Å². The third-order valence-electron chi connectivity index (χ3n) is 6.15. The Morgan fingerprint density at radius 1 is 0.853 bits per heavy atom. The molecule has 0 bridgehead atoms. The minimum atomic E-state index is -0.930. The minimum Gasteiger partial charge on any atom is -0.478 e. The highest BCUT2D eigenvalue weighted by Crippen LogP contribution is 2.33. The summed E-state index contributed by atoms with van der Waals surface area (Å²) in [6.07, 6.45) is 4.78. The van der Waals surface area contributed by atoms with Gasteiger partial charge in [-0.3, -0.25) is 4.98 Å². The molecule has 5 heteroatoms. The molecule has 1 atom stereocenters. The molecule has 0 fully saturated rings. The summed E-state index contributed by atoms with van der Waals surface area (Å²) < 4.78 is 0. The number of aromatic nitrogens is 1. The monoisotopic (exact) mass is 450 g/mol. The van der Waals surface area contributed by atoms with Crippen molar-refractivity contribution in [2.24, 2.45) is 5.16 Å². The van der Waals surface area contributed by atoms with E-state index in [4.69, 9.17) is 5.11 Å². The van der Waals surface area contributed by atoms with Crippen LogP contribution in [0.2, 0.25) is 0 Å². The van der Waals surface area contributed by atoms with Crippen LogP contribution in [0.1, 0.15) is 51.4 Å². The topological polar surface area (TPSA) is 82.8 Å². The molecular weight excluding hydrogens is 424 g/mol. The first-order chi connectivity index (χ1) is 16.6. The van der Waals surface area contributed by atoms with Crippen LogP contribution in [0.3, 0.4) is 0 Å². The third-order valence-corrected chi connectivity index (χ3v) is 6.15. The molecule has 3 aromatic carbocycles. The highest BCUT2D eigenvalue weighted by atomic mass is 16.4. The van der Waals surface area contributed by atoms with E-state index in [1.807, 2.05) is 30.3 Å². The molecule has 1 heterocycles. The number of carbonyl (C=O) groups is 1. The molecular formula is C29H26N2O3. The lowest BCUT2D eigenvalue weighted by Gasteiger charge is -2.21. The van der Waals surface area contributed by atoms with E-state index in [0.29, 0.717) is 12.1 Å². The second kappa shape index (κ2) is 10.6. The number of carboxylic acid groups (broad SMARTS) is 1. The summed E-state index contributed by atoms with van der Waals surface area (Å²) in [5, 5.41) is 22.3. The molecule has 170 valence electrons. The summed E-state index contributed by atoms with van der Waals surface area (Å²) in [6.45, 7) is 2.12. The van der Waals surface area contributed by atoms with Crippen LogP contribution < -0.4 is 0 Å². The quantitative estimate of drug-likeness (QED) is 0.181. The molecule has 0 aliphatic carbocycles. The number of benzene rings is 3. The van der Waals surface area contributed by atoms with Crippen molar-refractivity contribution in [1.82, 2.24) is 4.98 Å². The van der Waals surface area contributed by atoms with Crippen molar-refractivity contribution in [3.05, 3.63) is 125 Å². The van der Waals surface area contributed by atoms with E-state index in [2.05, 4.69) is 59.5 Å². The van der Waals surface area contributed by atoms with Crippen molar-refractivity contribution in [1.29, 1.82) is 0 Å². The number of hydrogen-bond donors (Lipinski definition) is 2. The first-order valence-corrected chi connectivity index (χ1v) is 11.2. The van der Waals surface area contributed by atoms with Crippen LogP contribution in [0.25, 0.3) is 11.1 Å². The van der Waals surface area contributed by atoms with Crippen molar-refractivity contribution < 1.29 is 15.1 Å². The Morgan fingerprint density at radius 2 is 1.47 bits per heavy atom. The van der Waals surface area contributed by atoms with Crippen LogP contribution in [-0.2, 0) is 0 Å². The smallest absolute Gasteiger partial charge is 0.335 e. The van der Waals surface area contributed by atoms with Crippen LogP contribution in [0.5, 0.6) is 0 Å². The predicted octanol–water partition coefficient (Wildman–Crippen LogP) is 6.55. The van der Waals surface area contributed by atoms with Gasteiger partial charge < -0.3 is 10.3 Å². The Hall–Kier alpha value is -4.25. The lowest BCUT2D eigenvalue weighted by molar-refractivity contribution is 0.0697. The third kappa shape index (κ3) is 5.21. The van der Waals surface area contributed by atoms with Gasteiger partial charge in [0.15, 0.2) is 0 Å². The number of aryl methyl sites for hydroxylation is 1. The van der Waals surface area contributed by atoms with Crippen molar-refractivity contribution in [2.45, 2.75) is 25.7 Å². The fraction of sp³-hybridized carbons (Fsp3) is 0.138. The Bertz CT molecular complexity index is 1280. The zero-order valence-corrected chi connectivity index (χ0v) is 18.9. The standard InChI is InChI=1S/C29H26N2O3/c1-20-4-2-3-5-26(20)27(14-15-28(31-34)24-16-18-30-19-17-24)23-10-6-21(7-11-23)22-8-12-25(13-9-22)29(32)33/h2-13,16-19,27,34H,14-15H2,1H3,(H,32,33)/t27-/m1/s1. The van der Waals surface area contributed by atoms with Gasteiger partial charge in [0.25, 0.3) is 0 Å². The molecule has 0 aliphatic rings. The number of carboxylic acids is 1. The molecule has 5 nitrogen and oxygen atoms in total. The highest BCUT2D eigenvalue weighted by Gasteiger charge is 2.18. The molecule has 0 spiro atoms. The van der Waals surface area contributed by atoms with E-state index in [1.54, 1.807) is 24.5 Å². The molecule has 0 saturated carbocycles. The predicted molar refractivity (Wildman–Crippen MR) is 134 cm³/mol. The van der Waals surface area contributed by atoms with Crippen LogP contribution in [0.15, 0.2) is 102 Å². The summed E-state index contributed by atoms with van der Waals surface area (Å²) >= 11 is 0. The molecule has 0 unspecified atom stereocenters. The number of aromatic carboxylic acids is 1. The lowest BCUT2D eigenvalue weighted by atomic mass is 9.83. The SMILES string of the molecule is Cc1ccccc1[C@H](CCC(=NO)c1ccncc1)c1ccc(-c2ccc(C(=O)O)cc2)cc1. The van der Waals surface area contributed by atoms with E-state index < -0.39 is 5.97 Å². The molecule has 1 aromatic heterocycles. The van der Waals surface area contributed by atoms with Crippen LogP contribution >= 0.6 is 0 Å². The van der Waals surface area contributed by atoms with Gasteiger partial charge in [0.05, 0.1) is 11.3 Å². The maximum Gasteiger partial charge on any atom is 0.335 e. The van der Waals surface area contributed by atoms with Gasteiger partial charge in [-0.2, -0.15) is 0 Å². The van der Waals surface area contributed by atoms with Crippen molar-refractivity contribution in [3.63, 3.8) is 0 Å². The van der Waals surface area contributed by atoms with Gasteiger partial charge in [-0.1, -0.05) is 65.8 Å². The van der Waals surface area contributed by atoms with Gasteiger partial charge in [-0.25, -0.2) is 4.79 Å². The molecule has 4 aromatic rings. The minimum absolute atomic E-state index is 0.128. The molecule has 0 amide bonds. The lowest BCUT2D eigenvalue weighted by Crippen LogP contribution is -2.08. The van der Waals surface area contributed by atoms with E-state index in [9.17, 15) is 10.0 Å². The average molecular weight is 451 g/mol. The molecule has 0 radical (unpaired) electrons. The normalized spacial score (nSPS) is 12.3. The van der Waals surface area contributed by atoms with Crippen LogP contribution in [0, 0.1) is 6.92 Å². The summed E-state index contributed by atoms with van der Waals surface area (Å²) in [5.74, 6) is -0.802. The number of pyridine rings is 1. The summed E-state index contributed by atoms with van der Waals surface area (Å²) in [7, 11) is 0. The van der Waals surface area contributed by atoms with Crippen LogP contribution in [-0.4, -0.2) is 27.0 Å². The Kier molecular flexibility index (Phi) is 7.13. The van der Waals surface area contributed by atoms with E-state index >= 15 is 0 Å². The Morgan fingerprint density at radius 3 is 2.06 bits per heavy atom. The molecule has 2 N–H and O–H groups in total.